The average molecular weight is 301 g/mol. The normalized spacial score (nSPS) is 17.7. The molecule has 0 spiro atoms. The van der Waals surface area contributed by atoms with Crippen LogP contribution in [0.3, 0.4) is 0 Å². The monoisotopic (exact) mass is 301 g/mol. The van der Waals surface area contributed by atoms with Crippen molar-refractivity contribution in [2.75, 3.05) is 0 Å². The smallest absolute Gasteiger partial charge is 0.271 e. The highest BCUT2D eigenvalue weighted by Gasteiger charge is 2.25. The molecule has 3 rings (SSSR count). The predicted molar refractivity (Wildman–Crippen MR) is 87.2 cm³/mol. The van der Waals surface area contributed by atoms with Crippen molar-refractivity contribution < 1.29 is 4.92 Å². The van der Waals surface area contributed by atoms with Crippen molar-refractivity contribution in [2.24, 2.45) is 0 Å². The summed E-state index contributed by atoms with van der Waals surface area (Å²) in [6, 6.07) is 5.43. The molecule has 0 radical (unpaired) electrons. The maximum atomic E-state index is 11.0. The summed E-state index contributed by atoms with van der Waals surface area (Å²) in [4.78, 5) is 15.5. The Labute approximate surface area is 130 Å². The Kier molecular flexibility index (Phi) is 4.14. The lowest BCUT2D eigenvalue weighted by atomic mass is 9.88. The lowest BCUT2D eigenvalue weighted by Gasteiger charge is -2.24. The fourth-order valence-electron chi connectivity index (χ4n) is 3.51. The third-order valence-electron chi connectivity index (χ3n) is 4.91. The molecule has 0 unspecified atom stereocenters. The molecule has 5 nitrogen and oxygen atoms in total. The number of nitrogens with zero attached hydrogens (tertiary/aromatic N) is 3. The highest BCUT2D eigenvalue weighted by Crippen LogP contribution is 2.36. The highest BCUT2D eigenvalue weighted by atomic mass is 16.6. The lowest BCUT2D eigenvalue weighted by molar-refractivity contribution is -0.384. The van der Waals surface area contributed by atoms with Gasteiger partial charge in [-0.25, -0.2) is 4.98 Å². The van der Waals surface area contributed by atoms with Crippen molar-refractivity contribution in [3.05, 3.63) is 34.1 Å². The molecule has 0 bridgehead atoms. The molecule has 118 valence electrons. The number of imidazole rings is 1. The second-order valence-corrected chi connectivity index (χ2v) is 6.36. The van der Waals surface area contributed by atoms with E-state index in [1.807, 2.05) is 6.07 Å². The van der Waals surface area contributed by atoms with Crippen LogP contribution in [-0.4, -0.2) is 14.5 Å². The molecule has 1 aromatic carbocycles. The molecule has 5 heteroatoms. The summed E-state index contributed by atoms with van der Waals surface area (Å²) >= 11 is 0. The highest BCUT2D eigenvalue weighted by molar-refractivity contribution is 5.79. The zero-order chi connectivity index (χ0) is 15.7. The number of nitro groups is 1. The Balaban J connectivity index is 2.13. The number of hydrogen-bond acceptors (Lipinski definition) is 3. The Morgan fingerprint density at radius 3 is 2.73 bits per heavy atom. The van der Waals surface area contributed by atoms with Crippen LogP contribution in [0.5, 0.6) is 0 Å². The maximum Gasteiger partial charge on any atom is 0.271 e. The summed E-state index contributed by atoms with van der Waals surface area (Å²) in [5.41, 5.74) is 1.91. The molecule has 1 atom stereocenters. The Morgan fingerprint density at radius 2 is 2.09 bits per heavy atom. The zero-order valence-electron chi connectivity index (χ0n) is 13.3. The molecule has 22 heavy (non-hydrogen) atoms. The molecule has 0 amide bonds. The van der Waals surface area contributed by atoms with Gasteiger partial charge in [-0.3, -0.25) is 10.1 Å². The molecule has 2 aromatic rings. The van der Waals surface area contributed by atoms with Gasteiger partial charge in [-0.1, -0.05) is 26.2 Å². The molecule has 1 aliphatic rings. The minimum atomic E-state index is -0.345. The van der Waals surface area contributed by atoms with E-state index in [1.165, 1.54) is 32.1 Å². The van der Waals surface area contributed by atoms with Crippen molar-refractivity contribution in [3.8, 4) is 0 Å². The standard InChI is InChI=1S/C17H23N3O2/c1-3-12(2)19-16-10-9-14(20(21)22)11-15(16)18-17(19)13-7-5-4-6-8-13/h9-13H,3-8H2,1-2H3/t12-/m1/s1. The van der Waals surface area contributed by atoms with Gasteiger partial charge in [0.25, 0.3) is 5.69 Å². The van der Waals surface area contributed by atoms with Gasteiger partial charge in [0.2, 0.25) is 0 Å². The van der Waals surface area contributed by atoms with Gasteiger partial charge in [0.1, 0.15) is 5.82 Å². The van der Waals surface area contributed by atoms with Crippen LogP contribution in [0.15, 0.2) is 18.2 Å². The lowest BCUT2D eigenvalue weighted by Crippen LogP contribution is -2.14. The Bertz CT molecular complexity index is 687. The summed E-state index contributed by atoms with van der Waals surface area (Å²) in [6.45, 7) is 4.38. The number of fused-ring (bicyclic) bond motifs is 1. The van der Waals surface area contributed by atoms with Gasteiger partial charge in [-0.2, -0.15) is 0 Å². The van der Waals surface area contributed by atoms with Crippen molar-refractivity contribution in [2.45, 2.75) is 64.3 Å². The van der Waals surface area contributed by atoms with E-state index < -0.39 is 0 Å². The van der Waals surface area contributed by atoms with E-state index in [2.05, 4.69) is 18.4 Å². The first-order chi connectivity index (χ1) is 10.6. The number of aromatic nitrogens is 2. The molecule has 0 aliphatic heterocycles. The van der Waals surface area contributed by atoms with Crippen LogP contribution in [0.1, 0.15) is 70.2 Å². The van der Waals surface area contributed by atoms with Crippen molar-refractivity contribution in [1.29, 1.82) is 0 Å². The summed E-state index contributed by atoms with van der Waals surface area (Å²) in [7, 11) is 0. The third-order valence-corrected chi connectivity index (χ3v) is 4.91. The van der Waals surface area contributed by atoms with Crippen LogP contribution in [0.2, 0.25) is 0 Å². The van der Waals surface area contributed by atoms with Crippen molar-refractivity contribution in [1.82, 2.24) is 9.55 Å². The Morgan fingerprint density at radius 1 is 1.36 bits per heavy atom. The van der Waals surface area contributed by atoms with Gasteiger partial charge in [0.05, 0.1) is 16.0 Å². The Hall–Kier alpha value is -1.91. The van der Waals surface area contributed by atoms with Gasteiger partial charge in [-0.05, 0) is 32.3 Å². The SMILES string of the molecule is CC[C@@H](C)n1c(C2CCCCC2)nc2cc([N+](=O)[O-])ccc21. The van der Waals surface area contributed by atoms with Gasteiger partial charge in [0.15, 0.2) is 0 Å². The van der Waals surface area contributed by atoms with Gasteiger partial charge >= 0.3 is 0 Å². The molecule has 1 aliphatic carbocycles. The number of rotatable bonds is 4. The minimum absolute atomic E-state index is 0.122. The molecule has 0 N–H and O–H groups in total. The van der Waals surface area contributed by atoms with Crippen LogP contribution < -0.4 is 0 Å². The molecule has 0 saturated heterocycles. The maximum absolute atomic E-state index is 11.0. The van der Waals surface area contributed by atoms with Crippen LogP contribution in [0.25, 0.3) is 11.0 Å². The predicted octanol–water partition coefficient (Wildman–Crippen LogP) is 4.96. The van der Waals surface area contributed by atoms with Crippen LogP contribution >= 0.6 is 0 Å². The number of hydrogen-bond donors (Lipinski definition) is 0. The van der Waals surface area contributed by atoms with E-state index in [9.17, 15) is 10.1 Å². The first kappa shape index (κ1) is 15.0. The molecule has 1 fully saturated rings. The second-order valence-electron chi connectivity index (χ2n) is 6.36. The van der Waals surface area contributed by atoms with Gasteiger partial charge in [0, 0.05) is 24.1 Å². The number of nitro benzene ring substituents is 1. The van der Waals surface area contributed by atoms with Crippen LogP contribution in [-0.2, 0) is 0 Å². The quantitative estimate of drug-likeness (QED) is 0.592. The fraction of sp³-hybridized carbons (Fsp3) is 0.588. The van der Waals surface area contributed by atoms with E-state index in [4.69, 9.17) is 4.98 Å². The summed E-state index contributed by atoms with van der Waals surface area (Å²) in [5.74, 6) is 1.62. The van der Waals surface area contributed by atoms with Crippen LogP contribution in [0.4, 0.5) is 5.69 Å². The molecular weight excluding hydrogens is 278 g/mol. The zero-order valence-corrected chi connectivity index (χ0v) is 13.3. The molecule has 1 aromatic heterocycles. The van der Waals surface area contributed by atoms with E-state index in [-0.39, 0.29) is 10.6 Å². The third kappa shape index (κ3) is 2.60. The fourth-order valence-corrected chi connectivity index (χ4v) is 3.51. The summed E-state index contributed by atoms with van der Waals surface area (Å²) < 4.78 is 2.31. The second kappa shape index (κ2) is 6.07. The first-order valence-corrected chi connectivity index (χ1v) is 8.28. The number of non-ortho nitro benzene ring substituents is 1. The van der Waals surface area contributed by atoms with Gasteiger partial charge in [-0.15, -0.1) is 0 Å². The van der Waals surface area contributed by atoms with Crippen molar-refractivity contribution >= 4 is 16.7 Å². The van der Waals surface area contributed by atoms with Crippen LogP contribution in [0, 0.1) is 10.1 Å². The van der Waals surface area contributed by atoms with E-state index in [1.54, 1.807) is 12.1 Å². The number of benzene rings is 1. The van der Waals surface area contributed by atoms with E-state index in [0.29, 0.717) is 12.0 Å². The molecule has 1 saturated carbocycles. The largest absolute Gasteiger partial charge is 0.325 e. The summed E-state index contributed by atoms with van der Waals surface area (Å²) in [5, 5.41) is 11.0. The van der Waals surface area contributed by atoms with E-state index in [0.717, 1.165) is 23.3 Å². The minimum Gasteiger partial charge on any atom is -0.325 e. The molecule has 1 heterocycles. The average Bonchev–Trinajstić information content (AvgIpc) is 2.93. The summed E-state index contributed by atoms with van der Waals surface area (Å²) in [6.07, 6.45) is 7.22. The van der Waals surface area contributed by atoms with E-state index >= 15 is 0 Å². The topological polar surface area (TPSA) is 61.0 Å². The van der Waals surface area contributed by atoms with Gasteiger partial charge < -0.3 is 4.57 Å². The van der Waals surface area contributed by atoms with Crippen molar-refractivity contribution in [3.63, 3.8) is 0 Å². The molecular formula is C17H23N3O2. The first-order valence-electron chi connectivity index (χ1n) is 8.28.